The average molecular weight is 458 g/mol. The first-order valence-corrected chi connectivity index (χ1v) is 15.8. The highest BCUT2D eigenvalue weighted by Gasteiger charge is 2.32. The van der Waals surface area contributed by atoms with Gasteiger partial charge in [-0.2, -0.15) is 0 Å². The highest BCUT2D eigenvalue weighted by molar-refractivity contribution is 7.63. The molecule has 1 saturated heterocycles. The minimum atomic E-state index is -2.22. The SMILES string of the molecule is CCCCCCCCCCP(=O)(CCCCCCCCCC)CN1CC[C@H](C(=O)O)C1. The fraction of sp³-hybridized carbons (Fsp3) is 0.962. The van der Waals surface area contributed by atoms with Crippen molar-refractivity contribution in [3.63, 3.8) is 0 Å². The van der Waals surface area contributed by atoms with Crippen LogP contribution in [0.4, 0.5) is 0 Å². The maximum Gasteiger partial charge on any atom is 0.307 e. The van der Waals surface area contributed by atoms with Crippen LogP contribution in [-0.2, 0) is 9.36 Å². The first kappa shape index (κ1) is 28.7. The first-order chi connectivity index (χ1) is 15.0. The van der Waals surface area contributed by atoms with E-state index in [1.54, 1.807) is 0 Å². The Morgan fingerprint density at radius 2 is 1.19 bits per heavy atom. The van der Waals surface area contributed by atoms with E-state index < -0.39 is 13.1 Å². The Morgan fingerprint density at radius 3 is 1.58 bits per heavy atom. The van der Waals surface area contributed by atoms with Gasteiger partial charge in [0, 0.05) is 18.9 Å². The number of likely N-dealkylation sites (tertiary alicyclic amines) is 1. The summed E-state index contributed by atoms with van der Waals surface area (Å²) >= 11 is 0. The summed E-state index contributed by atoms with van der Waals surface area (Å²) < 4.78 is 13.8. The minimum Gasteiger partial charge on any atom is -0.481 e. The second-order valence-electron chi connectivity index (χ2n) is 10.00. The lowest BCUT2D eigenvalue weighted by Crippen LogP contribution is -2.25. The number of unbranched alkanes of at least 4 members (excludes halogenated alkanes) is 14. The number of carboxylic acids is 1. The van der Waals surface area contributed by atoms with Crippen molar-refractivity contribution in [3.05, 3.63) is 0 Å². The maximum absolute atomic E-state index is 13.8. The monoisotopic (exact) mass is 457 g/mol. The fourth-order valence-electron chi connectivity index (χ4n) is 4.85. The molecule has 1 aliphatic heterocycles. The van der Waals surface area contributed by atoms with Crippen molar-refractivity contribution in [1.29, 1.82) is 0 Å². The van der Waals surface area contributed by atoms with Gasteiger partial charge in [-0.05, 0) is 25.8 Å². The normalized spacial score (nSPS) is 17.4. The van der Waals surface area contributed by atoms with E-state index in [-0.39, 0.29) is 5.92 Å². The topological polar surface area (TPSA) is 57.6 Å². The van der Waals surface area contributed by atoms with Crippen molar-refractivity contribution in [1.82, 2.24) is 4.90 Å². The van der Waals surface area contributed by atoms with Gasteiger partial charge >= 0.3 is 5.97 Å². The number of nitrogens with zero attached hydrogens (tertiary/aromatic N) is 1. The molecule has 0 aromatic rings. The molecule has 0 bridgehead atoms. The van der Waals surface area contributed by atoms with Gasteiger partial charge in [0.1, 0.15) is 7.14 Å². The van der Waals surface area contributed by atoms with Crippen LogP contribution in [0.25, 0.3) is 0 Å². The molecule has 0 saturated carbocycles. The average Bonchev–Trinajstić information content (AvgIpc) is 3.20. The molecular formula is C26H52NO3P. The summed E-state index contributed by atoms with van der Waals surface area (Å²) in [6.07, 6.45) is 23.5. The van der Waals surface area contributed by atoms with Crippen LogP contribution in [0.5, 0.6) is 0 Å². The second kappa shape index (κ2) is 18.1. The molecule has 1 aliphatic rings. The van der Waals surface area contributed by atoms with Crippen LogP contribution in [0.2, 0.25) is 0 Å². The molecule has 1 heterocycles. The predicted molar refractivity (Wildman–Crippen MR) is 135 cm³/mol. The van der Waals surface area contributed by atoms with Crippen molar-refractivity contribution in [3.8, 4) is 0 Å². The molecule has 184 valence electrons. The highest BCUT2D eigenvalue weighted by Crippen LogP contribution is 2.49. The van der Waals surface area contributed by atoms with Gasteiger partial charge in [0.25, 0.3) is 0 Å². The molecule has 0 radical (unpaired) electrons. The Kier molecular flexibility index (Phi) is 16.8. The predicted octanol–water partition coefficient (Wildman–Crippen LogP) is 7.99. The highest BCUT2D eigenvalue weighted by atomic mass is 31.2. The van der Waals surface area contributed by atoms with E-state index in [1.807, 2.05) is 0 Å². The third-order valence-electron chi connectivity index (χ3n) is 6.92. The van der Waals surface area contributed by atoms with Crippen LogP contribution >= 0.6 is 7.14 Å². The third-order valence-corrected chi connectivity index (χ3v) is 10.1. The zero-order valence-electron chi connectivity index (χ0n) is 20.8. The summed E-state index contributed by atoms with van der Waals surface area (Å²) in [5, 5.41) is 9.29. The summed E-state index contributed by atoms with van der Waals surface area (Å²) in [7, 11) is -2.22. The van der Waals surface area contributed by atoms with Crippen LogP contribution in [-0.4, -0.2) is 47.7 Å². The molecule has 5 heteroatoms. The molecule has 0 aromatic carbocycles. The van der Waals surface area contributed by atoms with Crippen molar-refractivity contribution < 1.29 is 14.5 Å². The van der Waals surface area contributed by atoms with E-state index in [2.05, 4.69) is 18.7 Å². The maximum atomic E-state index is 13.8. The molecule has 1 atom stereocenters. The Labute approximate surface area is 193 Å². The molecule has 31 heavy (non-hydrogen) atoms. The Bertz CT molecular complexity index is 473. The lowest BCUT2D eigenvalue weighted by molar-refractivity contribution is -0.141. The van der Waals surface area contributed by atoms with Crippen LogP contribution in [0.15, 0.2) is 0 Å². The van der Waals surface area contributed by atoms with Crippen molar-refractivity contribution >= 4 is 13.1 Å². The lowest BCUT2D eigenvalue weighted by Gasteiger charge is -2.25. The van der Waals surface area contributed by atoms with Crippen LogP contribution < -0.4 is 0 Å². The van der Waals surface area contributed by atoms with Gasteiger partial charge in [0.15, 0.2) is 0 Å². The van der Waals surface area contributed by atoms with Gasteiger partial charge in [-0.25, -0.2) is 0 Å². The zero-order valence-corrected chi connectivity index (χ0v) is 21.7. The zero-order chi connectivity index (χ0) is 22.8. The number of hydrogen-bond acceptors (Lipinski definition) is 3. The van der Waals surface area contributed by atoms with E-state index in [9.17, 15) is 14.5 Å². The molecule has 0 aliphatic carbocycles. The molecule has 1 rings (SSSR count). The summed E-state index contributed by atoms with van der Waals surface area (Å²) in [6, 6.07) is 0. The van der Waals surface area contributed by atoms with Crippen molar-refractivity contribution in [2.24, 2.45) is 5.92 Å². The van der Waals surface area contributed by atoms with Gasteiger partial charge in [0.2, 0.25) is 0 Å². The quantitative estimate of drug-likeness (QED) is 0.140. The fourth-order valence-corrected chi connectivity index (χ4v) is 7.94. The molecule has 0 amide bonds. The van der Waals surface area contributed by atoms with E-state index in [1.165, 1.54) is 89.9 Å². The molecule has 0 unspecified atom stereocenters. The summed E-state index contributed by atoms with van der Waals surface area (Å²) in [6.45, 7) is 5.90. The number of aliphatic carboxylic acids is 1. The van der Waals surface area contributed by atoms with Gasteiger partial charge in [-0.3, -0.25) is 9.69 Å². The Morgan fingerprint density at radius 1 is 0.774 bits per heavy atom. The summed E-state index contributed by atoms with van der Waals surface area (Å²) in [5.41, 5.74) is 0. The third kappa shape index (κ3) is 14.4. The van der Waals surface area contributed by atoms with Gasteiger partial charge in [-0.15, -0.1) is 0 Å². The van der Waals surface area contributed by atoms with E-state index >= 15 is 0 Å². The largest absolute Gasteiger partial charge is 0.481 e. The van der Waals surface area contributed by atoms with Gasteiger partial charge < -0.3 is 9.67 Å². The van der Waals surface area contributed by atoms with Crippen molar-refractivity contribution in [2.45, 2.75) is 123 Å². The standard InChI is InChI=1S/C26H52NO3P/c1-3-5-7-9-11-13-15-17-21-31(30,22-18-16-14-12-10-8-6-4-2)24-27-20-19-25(23-27)26(28)29/h25H,3-24H2,1-2H3,(H,28,29)/t25-/m0/s1. The number of rotatable bonds is 21. The van der Waals surface area contributed by atoms with E-state index in [4.69, 9.17) is 0 Å². The first-order valence-electron chi connectivity index (χ1n) is 13.5. The number of hydrogen-bond donors (Lipinski definition) is 1. The van der Waals surface area contributed by atoms with Gasteiger partial charge in [0.05, 0.1) is 12.2 Å². The van der Waals surface area contributed by atoms with Crippen LogP contribution in [0.3, 0.4) is 0 Å². The van der Waals surface area contributed by atoms with E-state index in [0.717, 1.165) is 31.7 Å². The molecular weight excluding hydrogens is 405 g/mol. The van der Waals surface area contributed by atoms with E-state index in [0.29, 0.717) is 19.3 Å². The smallest absolute Gasteiger partial charge is 0.307 e. The summed E-state index contributed by atoms with van der Waals surface area (Å²) in [5.74, 6) is -0.955. The van der Waals surface area contributed by atoms with Crippen molar-refractivity contribution in [2.75, 3.05) is 31.7 Å². The second-order valence-corrected chi connectivity index (χ2v) is 13.3. The molecule has 0 aromatic heterocycles. The van der Waals surface area contributed by atoms with Crippen LogP contribution in [0, 0.1) is 5.92 Å². The Balaban J connectivity index is 2.34. The molecule has 0 spiro atoms. The Hall–Kier alpha value is -0.340. The minimum absolute atomic E-state index is 0.264. The molecule has 1 N–H and O–H groups in total. The van der Waals surface area contributed by atoms with Gasteiger partial charge in [-0.1, -0.05) is 104 Å². The number of carboxylic acid groups (broad SMARTS) is 1. The van der Waals surface area contributed by atoms with Crippen LogP contribution in [0.1, 0.15) is 123 Å². The summed E-state index contributed by atoms with van der Waals surface area (Å²) in [4.78, 5) is 13.5. The lowest BCUT2D eigenvalue weighted by atomic mass is 10.1. The molecule has 1 fully saturated rings. The molecule has 4 nitrogen and oxygen atoms in total. The number of carbonyl (C=O) groups is 1.